The number of carbonyl (C=O) groups is 2. The van der Waals surface area contributed by atoms with Gasteiger partial charge in [0.15, 0.2) is 0 Å². The van der Waals surface area contributed by atoms with Crippen LogP contribution in [0, 0.1) is 6.92 Å². The first-order valence-corrected chi connectivity index (χ1v) is 9.69. The molecule has 2 amide bonds. The molecule has 0 saturated carbocycles. The molecule has 0 radical (unpaired) electrons. The number of aryl methyl sites for hydroxylation is 1. The average molecular weight is 350 g/mol. The van der Waals surface area contributed by atoms with Crippen molar-refractivity contribution in [3.8, 4) is 0 Å². The predicted octanol–water partition coefficient (Wildman–Crippen LogP) is 2.15. The molecule has 2 fully saturated rings. The van der Waals surface area contributed by atoms with Gasteiger partial charge in [0, 0.05) is 35.3 Å². The maximum absolute atomic E-state index is 12.3. The van der Waals surface area contributed by atoms with E-state index < -0.39 is 0 Å². The molecule has 6 heteroatoms. The van der Waals surface area contributed by atoms with Crippen LogP contribution in [0.2, 0.25) is 0 Å². The zero-order valence-electron chi connectivity index (χ0n) is 14.6. The summed E-state index contributed by atoms with van der Waals surface area (Å²) < 4.78 is 0. The number of hydrogen-bond acceptors (Lipinski definition) is 4. The van der Waals surface area contributed by atoms with Crippen LogP contribution in [-0.2, 0) is 16.1 Å². The number of rotatable bonds is 5. The van der Waals surface area contributed by atoms with Gasteiger partial charge in [0.1, 0.15) is 0 Å². The number of nitrogens with zero attached hydrogens (tertiary/aromatic N) is 2. The van der Waals surface area contributed by atoms with Crippen LogP contribution in [-0.4, -0.2) is 53.3 Å². The molecule has 0 aromatic carbocycles. The summed E-state index contributed by atoms with van der Waals surface area (Å²) in [5, 5.41) is 3.03. The molecule has 1 N–H and O–H groups in total. The van der Waals surface area contributed by atoms with Gasteiger partial charge in [-0.25, -0.2) is 0 Å². The Kier molecular flexibility index (Phi) is 5.56. The quantitative estimate of drug-likeness (QED) is 0.886. The standard InChI is InChI=1S/C18H27N3O2S/c1-13-7-8-15(24-13)11-19-18(23)12-20-9-3-5-16(20)17-6-4-10-21(17)14(2)22/h7-8,16-17H,3-6,9-12H2,1-2H3,(H,19,23). The molecule has 0 aliphatic carbocycles. The van der Waals surface area contributed by atoms with Crippen LogP contribution in [0.3, 0.4) is 0 Å². The molecule has 2 unspecified atom stereocenters. The lowest BCUT2D eigenvalue weighted by Crippen LogP contribution is -2.50. The first kappa shape index (κ1) is 17.4. The fourth-order valence-electron chi connectivity index (χ4n) is 4.07. The number of hydrogen-bond donors (Lipinski definition) is 1. The summed E-state index contributed by atoms with van der Waals surface area (Å²) in [5.74, 6) is 0.252. The second-order valence-electron chi connectivity index (χ2n) is 6.89. The van der Waals surface area contributed by atoms with Gasteiger partial charge >= 0.3 is 0 Å². The Morgan fingerprint density at radius 2 is 1.96 bits per heavy atom. The van der Waals surface area contributed by atoms with E-state index in [-0.39, 0.29) is 17.9 Å². The molecule has 2 aliphatic rings. The molecule has 5 nitrogen and oxygen atoms in total. The zero-order chi connectivity index (χ0) is 17.1. The van der Waals surface area contributed by atoms with E-state index in [1.165, 1.54) is 9.75 Å². The maximum atomic E-state index is 12.3. The van der Waals surface area contributed by atoms with Gasteiger partial charge in [0.05, 0.1) is 13.1 Å². The molecular formula is C18H27N3O2S. The summed E-state index contributed by atoms with van der Waals surface area (Å²) in [6.07, 6.45) is 4.35. The van der Waals surface area contributed by atoms with Crippen LogP contribution in [0.25, 0.3) is 0 Å². The molecule has 3 heterocycles. The SMILES string of the molecule is CC(=O)N1CCCC1C1CCCN1CC(=O)NCc1ccc(C)s1. The van der Waals surface area contributed by atoms with E-state index in [2.05, 4.69) is 29.3 Å². The van der Waals surface area contributed by atoms with E-state index >= 15 is 0 Å². The third-order valence-corrected chi connectivity index (χ3v) is 6.17. The monoisotopic (exact) mass is 349 g/mol. The topological polar surface area (TPSA) is 52.7 Å². The van der Waals surface area contributed by atoms with Crippen molar-refractivity contribution in [2.75, 3.05) is 19.6 Å². The van der Waals surface area contributed by atoms with Crippen molar-refractivity contribution in [1.29, 1.82) is 0 Å². The summed E-state index contributed by atoms with van der Waals surface area (Å²) >= 11 is 1.72. The van der Waals surface area contributed by atoms with Gasteiger partial charge in [-0.3, -0.25) is 14.5 Å². The second-order valence-corrected chi connectivity index (χ2v) is 8.26. The largest absolute Gasteiger partial charge is 0.350 e. The van der Waals surface area contributed by atoms with Gasteiger partial charge in [0.25, 0.3) is 0 Å². The van der Waals surface area contributed by atoms with Crippen LogP contribution < -0.4 is 5.32 Å². The van der Waals surface area contributed by atoms with E-state index in [9.17, 15) is 9.59 Å². The minimum Gasteiger partial charge on any atom is -0.350 e. The third-order valence-electron chi connectivity index (χ3n) is 5.16. The summed E-state index contributed by atoms with van der Waals surface area (Å²) in [6, 6.07) is 4.78. The Bertz CT molecular complexity index is 601. The van der Waals surface area contributed by atoms with Gasteiger partial charge in [0.2, 0.25) is 11.8 Å². The van der Waals surface area contributed by atoms with E-state index in [4.69, 9.17) is 0 Å². The molecule has 2 aliphatic heterocycles. The van der Waals surface area contributed by atoms with Crippen molar-refractivity contribution in [3.63, 3.8) is 0 Å². The smallest absolute Gasteiger partial charge is 0.234 e. The van der Waals surface area contributed by atoms with Gasteiger partial charge < -0.3 is 10.2 Å². The lowest BCUT2D eigenvalue weighted by atomic mass is 10.0. The predicted molar refractivity (Wildman–Crippen MR) is 95.9 cm³/mol. The van der Waals surface area contributed by atoms with Crippen molar-refractivity contribution in [2.24, 2.45) is 0 Å². The normalized spacial score (nSPS) is 24.5. The lowest BCUT2D eigenvalue weighted by molar-refractivity contribution is -0.130. The first-order valence-electron chi connectivity index (χ1n) is 8.88. The summed E-state index contributed by atoms with van der Waals surface area (Å²) in [7, 11) is 0. The van der Waals surface area contributed by atoms with Gasteiger partial charge in [-0.1, -0.05) is 0 Å². The average Bonchev–Trinajstić information content (AvgIpc) is 3.24. The third kappa shape index (κ3) is 3.98. The zero-order valence-corrected chi connectivity index (χ0v) is 15.4. The number of thiophene rings is 1. The van der Waals surface area contributed by atoms with Crippen molar-refractivity contribution in [3.05, 3.63) is 21.9 Å². The van der Waals surface area contributed by atoms with Crippen molar-refractivity contribution in [2.45, 2.75) is 58.2 Å². The Hall–Kier alpha value is -1.40. The number of nitrogens with one attached hydrogen (secondary N) is 1. The van der Waals surface area contributed by atoms with Crippen LogP contribution >= 0.6 is 11.3 Å². The second kappa shape index (κ2) is 7.66. The minimum absolute atomic E-state index is 0.0836. The minimum atomic E-state index is 0.0836. The van der Waals surface area contributed by atoms with Crippen LogP contribution in [0.15, 0.2) is 12.1 Å². The fourth-order valence-corrected chi connectivity index (χ4v) is 4.90. The molecule has 2 atom stereocenters. The molecule has 1 aromatic heterocycles. The number of likely N-dealkylation sites (tertiary alicyclic amines) is 2. The maximum Gasteiger partial charge on any atom is 0.234 e. The Morgan fingerprint density at radius 1 is 1.21 bits per heavy atom. The molecule has 24 heavy (non-hydrogen) atoms. The number of amides is 2. The highest BCUT2D eigenvalue weighted by molar-refractivity contribution is 7.11. The fraction of sp³-hybridized carbons (Fsp3) is 0.667. The highest BCUT2D eigenvalue weighted by Crippen LogP contribution is 2.29. The molecule has 132 valence electrons. The Balaban J connectivity index is 1.53. The Morgan fingerprint density at radius 3 is 2.67 bits per heavy atom. The summed E-state index contributed by atoms with van der Waals surface area (Å²) in [6.45, 7) is 6.61. The van der Waals surface area contributed by atoms with Gasteiger partial charge in [-0.15, -0.1) is 11.3 Å². The van der Waals surface area contributed by atoms with Crippen molar-refractivity contribution >= 4 is 23.2 Å². The molecule has 2 saturated heterocycles. The number of carbonyl (C=O) groups excluding carboxylic acids is 2. The molecule has 0 spiro atoms. The highest BCUT2D eigenvalue weighted by atomic mass is 32.1. The summed E-state index contributed by atoms with van der Waals surface area (Å²) in [4.78, 5) is 30.9. The molecular weight excluding hydrogens is 322 g/mol. The van der Waals surface area contributed by atoms with Crippen LogP contribution in [0.4, 0.5) is 0 Å². The molecule has 0 bridgehead atoms. The molecule has 3 rings (SSSR count). The molecule has 1 aromatic rings. The van der Waals surface area contributed by atoms with Crippen molar-refractivity contribution < 1.29 is 9.59 Å². The Labute approximate surface area is 148 Å². The van der Waals surface area contributed by atoms with E-state index in [1.54, 1.807) is 18.3 Å². The van der Waals surface area contributed by atoms with Crippen molar-refractivity contribution in [1.82, 2.24) is 15.1 Å². The summed E-state index contributed by atoms with van der Waals surface area (Å²) in [5.41, 5.74) is 0. The van der Waals surface area contributed by atoms with E-state index in [1.807, 2.05) is 4.90 Å². The van der Waals surface area contributed by atoms with Crippen LogP contribution in [0.1, 0.15) is 42.4 Å². The van der Waals surface area contributed by atoms with Gasteiger partial charge in [-0.05, 0) is 51.3 Å². The first-order chi connectivity index (χ1) is 11.5. The van der Waals surface area contributed by atoms with E-state index in [0.717, 1.165) is 38.8 Å². The lowest BCUT2D eigenvalue weighted by Gasteiger charge is -2.34. The van der Waals surface area contributed by atoms with Gasteiger partial charge in [-0.2, -0.15) is 0 Å². The highest BCUT2D eigenvalue weighted by Gasteiger charge is 2.39. The van der Waals surface area contributed by atoms with E-state index in [0.29, 0.717) is 19.1 Å². The van der Waals surface area contributed by atoms with Crippen LogP contribution in [0.5, 0.6) is 0 Å².